The number of rotatable bonds is 11. The maximum absolute atomic E-state index is 11.5. The molecule has 0 bridgehead atoms. The van der Waals surface area contributed by atoms with Gasteiger partial charge < -0.3 is 35.0 Å². The summed E-state index contributed by atoms with van der Waals surface area (Å²) in [6, 6.07) is 16.1. The normalized spacial score (nSPS) is 12.0. The molecule has 4 rings (SSSR count). The van der Waals surface area contributed by atoms with E-state index in [4.69, 9.17) is 14.6 Å². The van der Waals surface area contributed by atoms with Crippen molar-refractivity contribution in [2.75, 3.05) is 26.3 Å². The molecule has 3 aromatic carbocycles. The molecule has 0 radical (unpaired) electrons. The Bertz CT molecular complexity index is 1380. The van der Waals surface area contributed by atoms with Crippen molar-refractivity contribution in [3.05, 3.63) is 81.8 Å². The summed E-state index contributed by atoms with van der Waals surface area (Å²) in [4.78, 5) is 27.9. The number of fused-ring (bicyclic) bond motifs is 1. The van der Waals surface area contributed by atoms with Gasteiger partial charge in [0, 0.05) is 13.1 Å². The molecule has 1 aromatic heterocycles. The van der Waals surface area contributed by atoms with E-state index in [0.29, 0.717) is 36.5 Å². The van der Waals surface area contributed by atoms with Crippen molar-refractivity contribution in [3.8, 4) is 22.6 Å². The number of aromatic amines is 2. The second kappa shape index (κ2) is 11.1. The van der Waals surface area contributed by atoms with Gasteiger partial charge in [0.05, 0.1) is 11.1 Å². The van der Waals surface area contributed by atoms with Gasteiger partial charge in [-0.05, 0) is 72.5 Å². The van der Waals surface area contributed by atoms with Crippen molar-refractivity contribution in [3.63, 3.8) is 0 Å². The summed E-state index contributed by atoms with van der Waals surface area (Å²) in [5.41, 5.74) is 5.07. The molecule has 5 N–H and O–H groups in total. The first-order chi connectivity index (χ1) is 17.3. The second-order valence-corrected chi connectivity index (χ2v) is 8.60. The summed E-state index contributed by atoms with van der Waals surface area (Å²) < 4.78 is 11.7. The van der Waals surface area contributed by atoms with Crippen molar-refractivity contribution in [1.29, 1.82) is 0 Å². The molecule has 0 spiro atoms. The molecule has 9 nitrogen and oxygen atoms in total. The molecule has 0 aliphatic heterocycles. The number of imidazole rings is 1. The molecule has 0 aliphatic rings. The summed E-state index contributed by atoms with van der Waals surface area (Å²) in [5.74, 6) is 0.360. The first kappa shape index (κ1) is 25.0. The number of aryl methyl sites for hydroxylation is 2. The van der Waals surface area contributed by atoms with E-state index >= 15 is 0 Å². The minimum atomic E-state index is -0.946. The lowest BCUT2D eigenvalue weighted by Crippen LogP contribution is -2.33. The Labute approximate surface area is 207 Å². The highest BCUT2D eigenvalue weighted by molar-refractivity contribution is 5.88. The monoisotopic (exact) mass is 491 g/mol. The molecule has 0 amide bonds. The molecule has 1 atom stereocenters. The maximum Gasteiger partial charge on any atom is 0.335 e. The molecule has 0 fully saturated rings. The maximum atomic E-state index is 11.5. The standard InChI is InChI=1S/C27H29N3O6/c1-16-12-20(18-6-8-19(9-7-18)26(32)33)13-17(2)25(16)35-11-10-28-14-21(31)15-36-23-5-3-4-22-24(23)30-27(34)29-22/h3-9,12-13,21,28,31H,10-11,14-15H2,1-2H3,(H,32,33)(H2,29,30,34). The SMILES string of the molecule is Cc1cc(-c2ccc(C(=O)O)cc2)cc(C)c1OCCNCC(O)COc1cccc2[nH]c(=O)[nH]c12. The predicted molar refractivity (Wildman–Crippen MR) is 137 cm³/mol. The van der Waals surface area contributed by atoms with Crippen LogP contribution in [0.3, 0.4) is 0 Å². The molecule has 36 heavy (non-hydrogen) atoms. The Kier molecular flexibility index (Phi) is 7.72. The summed E-state index contributed by atoms with van der Waals surface area (Å²) in [7, 11) is 0. The van der Waals surface area contributed by atoms with Crippen LogP contribution in [0.15, 0.2) is 59.4 Å². The molecule has 9 heteroatoms. The van der Waals surface area contributed by atoms with Crippen LogP contribution in [-0.4, -0.2) is 58.6 Å². The minimum absolute atomic E-state index is 0.0767. The lowest BCUT2D eigenvalue weighted by molar-refractivity contribution is 0.0697. The van der Waals surface area contributed by atoms with E-state index in [9.17, 15) is 14.7 Å². The number of carboxylic acids is 1. The smallest absolute Gasteiger partial charge is 0.335 e. The van der Waals surface area contributed by atoms with Gasteiger partial charge in [-0.15, -0.1) is 0 Å². The molecule has 188 valence electrons. The van der Waals surface area contributed by atoms with Crippen molar-refractivity contribution >= 4 is 17.0 Å². The number of H-pyrrole nitrogens is 2. The van der Waals surface area contributed by atoms with Gasteiger partial charge in [0.25, 0.3) is 0 Å². The highest BCUT2D eigenvalue weighted by Crippen LogP contribution is 2.30. The van der Waals surface area contributed by atoms with Crippen LogP contribution in [0.1, 0.15) is 21.5 Å². The lowest BCUT2D eigenvalue weighted by Gasteiger charge is -2.16. The van der Waals surface area contributed by atoms with Crippen LogP contribution in [0.4, 0.5) is 0 Å². The Morgan fingerprint density at radius 3 is 2.42 bits per heavy atom. The van der Waals surface area contributed by atoms with Crippen molar-refractivity contribution < 1.29 is 24.5 Å². The van der Waals surface area contributed by atoms with Crippen molar-refractivity contribution in [1.82, 2.24) is 15.3 Å². The Morgan fingerprint density at radius 1 is 1.00 bits per heavy atom. The highest BCUT2D eigenvalue weighted by Gasteiger charge is 2.11. The van der Waals surface area contributed by atoms with Gasteiger partial charge in [-0.3, -0.25) is 0 Å². The number of para-hydroxylation sites is 1. The molecular formula is C27H29N3O6. The number of aliphatic hydroxyl groups is 1. The van der Waals surface area contributed by atoms with E-state index in [1.165, 1.54) is 0 Å². The fourth-order valence-corrected chi connectivity index (χ4v) is 4.04. The summed E-state index contributed by atoms with van der Waals surface area (Å²) in [5, 5.41) is 22.5. The molecule has 1 heterocycles. The fourth-order valence-electron chi connectivity index (χ4n) is 4.04. The Balaban J connectivity index is 1.23. The van der Waals surface area contributed by atoms with Gasteiger partial charge in [-0.2, -0.15) is 0 Å². The van der Waals surface area contributed by atoms with Gasteiger partial charge in [0.15, 0.2) is 0 Å². The molecule has 4 aromatic rings. The van der Waals surface area contributed by atoms with E-state index in [1.54, 1.807) is 42.5 Å². The zero-order valence-corrected chi connectivity index (χ0v) is 20.1. The number of aliphatic hydroxyl groups excluding tert-OH is 1. The van der Waals surface area contributed by atoms with E-state index in [-0.39, 0.29) is 17.9 Å². The molecule has 1 unspecified atom stereocenters. The quantitative estimate of drug-likeness (QED) is 0.203. The van der Waals surface area contributed by atoms with Gasteiger partial charge in [0.2, 0.25) is 0 Å². The number of ether oxygens (including phenoxy) is 2. The topological polar surface area (TPSA) is 137 Å². The van der Waals surface area contributed by atoms with Crippen LogP contribution in [0, 0.1) is 13.8 Å². The van der Waals surface area contributed by atoms with Crippen LogP contribution in [0.5, 0.6) is 11.5 Å². The molecule has 0 aliphatic carbocycles. The van der Waals surface area contributed by atoms with E-state index < -0.39 is 12.1 Å². The summed E-state index contributed by atoms with van der Waals surface area (Å²) in [6.45, 7) is 5.31. The number of nitrogens with one attached hydrogen (secondary N) is 3. The number of aromatic carboxylic acids is 1. The van der Waals surface area contributed by atoms with Crippen LogP contribution in [0.2, 0.25) is 0 Å². The fraction of sp³-hybridized carbons (Fsp3) is 0.259. The third-order valence-corrected chi connectivity index (χ3v) is 5.77. The van der Waals surface area contributed by atoms with Crippen molar-refractivity contribution in [2.24, 2.45) is 0 Å². The number of hydrogen-bond donors (Lipinski definition) is 5. The Hall–Kier alpha value is -4.08. The molecular weight excluding hydrogens is 462 g/mol. The molecule has 0 saturated carbocycles. The second-order valence-electron chi connectivity index (χ2n) is 8.60. The number of carbonyl (C=O) groups is 1. The summed E-state index contributed by atoms with van der Waals surface area (Å²) in [6.07, 6.45) is -0.735. The van der Waals surface area contributed by atoms with Gasteiger partial charge in [-0.1, -0.05) is 18.2 Å². The van der Waals surface area contributed by atoms with Gasteiger partial charge in [0.1, 0.15) is 36.3 Å². The zero-order valence-electron chi connectivity index (χ0n) is 20.1. The lowest BCUT2D eigenvalue weighted by atomic mass is 9.99. The van der Waals surface area contributed by atoms with Crippen LogP contribution >= 0.6 is 0 Å². The first-order valence-electron chi connectivity index (χ1n) is 11.6. The minimum Gasteiger partial charge on any atom is -0.492 e. The average Bonchev–Trinajstić information content (AvgIpc) is 3.24. The Morgan fingerprint density at radius 2 is 1.72 bits per heavy atom. The van der Waals surface area contributed by atoms with Crippen LogP contribution in [-0.2, 0) is 0 Å². The molecule has 0 saturated heterocycles. The zero-order chi connectivity index (χ0) is 25.7. The van der Waals surface area contributed by atoms with Crippen molar-refractivity contribution in [2.45, 2.75) is 20.0 Å². The number of benzene rings is 3. The van der Waals surface area contributed by atoms with E-state index in [0.717, 1.165) is 28.0 Å². The van der Waals surface area contributed by atoms with Crippen LogP contribution < -0.4 is 20.5 Å². The largest absolute Gasteiger partial charge is 0.492 e. The summed E-state index contributed by atoms with van der Waals surface area (Å²) >= 11 is 0. The third kappa shape index (κ3) is 5.94. The average molecular weight is 492 g/mol. The third-order valence-electron chi connectivity index (χ3n) is 5.77. The number of aromatic nitrogens is 2. The van der Waals surface area contributed by atoms with Crippen LogP contribution in [0.25, 0.3) is 22.2 Å². The van der Waals surface area contributed by atoms with E-state index in [2.05, 4.69) is 15.3 Å². The highest BCUT2D eigenvalue weighted by atomic mass is 16.5. The van der Waals surface area contributed by atoms with Gasteiger partial charge >= 0.3 is 11.7 Å². The first-order valence-corrected chi connectivity index (χ1v) is 11.6. The number of hydrogen-bond acceptors (Lipinski definition) is 6. The number of carboxylic acid groups (broad SMARTS) is 1. The van der Waals surface area contributed by atoms with Gasteiger partial charge in [-0.25, -0.2) is 9.59 Å². The van der Waals surface area contributed by atoms with E-state index in [1.807, 2.05) is 26.0 Å². The predicted octanol–water partition coefficient (Wildman–Crippen LogP) is 3.25.